The van der Waals surface area contributed by atoms with E-state index in [-0.39, 0.29) is 12.1 Å². The Kier molecular flexibility index (Phi) is 7.85. The van der Waals surface area contributed by atoms with E-state index in [2.05, 4.69) is 0 Å². The Morgan fingerprint density at radius 3 is 2.27 bits per heavy atom. The molecule has 5 nitrogen and oxygen atoms in total. The molecule has 0 saturated carbocycles. The number of nitrogens with two attached hydrogens (primary N) is 1. The van der Waals surface area contributed by atoms with Gasteiger partial charge in [0, 0.05) is 12.1 Å². The molecular formula is C9H20N3O2P. The van der Waals surface area contributed by atoms with Crippen molar-refractivity contribution in [3.8, 4) is 6.07 Å². The number of hydrogen-bond acceptors (Lipinski definition) is 5. The molecule has 2 N–H and O–H groups in total. The maximum Gasteiger partial charge on any atom is 0.271 e. The van der Waals surface area contributed by atoms with E-state index in [0.29, 0.717) is 13.0 Å². The molecule has 6 heteroatoms. The average molecular weight is 233 g/mol. The van der Waals surface area contributed by atoms with Crippen LogP contribution in [0.3, 0.4) is 0 Å². The van der Waals surface area contributed by atoms with E-state index < -0.39 is 8.53 Å². The van der Waals surface area contributed by atoms with Gasteiger partial charge in [-0.25, -0.2) is 4.62 Å². The van der Waals surface area contributed by atoms with E-state index in [4.69, 9.17) is 19.9 Å². The van der Waals surface area contributed by atoms with Crippen LogP contribution < -0.4 is 5.50 Å². The third-order valence-corrected chi connectivity index (χ3v) is 2.41. The summed E-state index contributed by atoms with van der Waals surface area (Å²) in [6.07, 6.45) is 0.336. The van der Waals surface area contributed by atoms with Crippen molar-refractivity contribution in [1.29, 1.82) is 5.26 Å². The van der Waals surface area contributed by atoms with Crippen LogP contribution in [0.25, 0.3) is 0 Å². The fourth-order valence-corrected chi connectivity index (χ4v) is 1.96. The fraction of sp³-hybridized carbons (Fsp3) is 0.889. The Morgan fingerprint density at radius 1 is 1.33 bits per heavy atom. The number of nitrogens with zero attached hydrogens (tertiary/aromatic N) is 2. The van der Waals surface area contributed by atoms with Crippen LogP contribution in [-0.2, 0) is 9.15 Å². The highest BCUT2D eigenvalue weighted by Gasteiger charge is 2.18. The van der Waals surface area contributed by atoms with Crippen molar-refractivity contribution in [1.82, 2.24) is 5.06 Å². The molecule has 0 aliphatic rings. The SMILES string of the molecule is CC(C)N(OP(N)OCCC#N)C(C)C. The number of rotatable bonds is 7. The maximum absolute atomic E-state index is 8.32. The van der Waals surface area contributed by atoms with Crippen LogP contribution in [-0.4, -0.2) is 23.8 Å². The molecule has 1 atom stereocenters. The summed E-state index contributed by atoms with van der Waals surface area (Å²) in [6, 6.07) is 2.48. The second kappa shape index (κ2) is 7.98. The van der Waals surface area contributed by atoms with E-state index in [0.717, 1.165) is 0 Å². The summed E-state index contributed by atoms with van der Waals surface area (Å²) in [4.78, 5) is 0. The molecule has 15 heavy (non-hydrogen) atoms. The van der Waals surface area contributed by atoms with E-state index >= 15 is 0 Å². The molecule has 0 spiro atoms. The van der Waals surface area contributed by atoms with Crippen molar-refractivity contribution in [2.45, 2.75) is 46.2 Å². The van der Waals surface area contributed by atoms with Crippen molar-refractivity contribution in [3.05, 3.63) is 0 Å². The number of hydroxylamine groups is 2. The Bertz CT molecular complexity index is 198. The van der Waals surface area contributed by atoms with Gasteiger partial charge in [-0.2, -0.15) is 10.3 Å². The molecule has 0 bridgehead atoms. The monoisotopic (exact) mass is 233 g/mol. The van der Waals surface area contributed by atoms with Crippen LogP contribution >= 0.6 is 8.53 Å². The minimum absolute atomic E-state index is 0.248. The van der Waals surface area contributed by atoms with Gasteiger partial charge >= 0.3 is 0 Å². The van der Waals surface area contributed by atoms with Crippen LogP contribution in [0.4, 0.5) is 0 Å². The standard InChI is InChI=1S/C9H20N3O2P/c1-8(2)12(9(3)4)14-15(11)13-7-5-6-10/h8-9H,5,7,11H2,1-4H3. The first-order chi connectivity index (χ1) is 6.99. The lowest BCUT2D eigenvalue weighted by atomic mass is 10.3. The lowest BCUT2D eigenvalue weighted by Gasteiger charge is -2.30. The molecule has 88 valence electrons. The number of nitriles is 1. The molecule has 0 heterocycles. The van der Waals surface area contributed by atoms with E-state index in [1.54, 1.807) is 5.06 Å². The summed E-state index contributed by atoms with van der Waals surface area (Å²) in [5.74, 6) is 0. The molecule has 0 aromatic heterocycles. The molecule has 0 aliphatic heterocycles. The normalized spacial score (nSPS) is 13.5. The van der Waals surface area contributed by atoms with E-state index in [9.17, 15) is 0 Å². The molecule has 0 aromatic rings. The third-order valence-electron chi connectivity index (χ3n) is 1.63. The Morgan fingerprint density at radius 2 is 1.87 bits per heavy atom. The van der Waals surface area contributed by atoms with Crippen molar-refractivity contribution in [2.75, 3.05) is 6.61 Å². The quantitative estimate of drug-likeness (QED) is 0.414. The lowest BCUT2D eigenvalue weighted by molar-refractivity contribution is -0.112. The first kappa shape index (κ1) is 14.8. The van der Waals surface area contributed by atoms with Crippen molar-refractivity contribution in [2.24, 2.45) is 5.50 Å². The van der Waals surface area contributed by atoms with Gasteiger partial charge in [-0.3, -0.25) is 5.50 Å². The second-order valence-electron chi connectivity index (χ2n) is 3.66. The summed E-state index contributed by atoms with van der Waals surface area (Å²) in [7, 11) is -1.42. The Hall–Kier alpha value is -0.240. The summed E-state index contributed by atoms with van der Waals surface area (Å²) in [5.41, 5.74) is 5.66. The van der Waals surface area contributed by atoms with Crippen LogP contribution in [0.15, 0.2) is 0 Å². The fourth-order valence-electron chi connectivity index (χ4n) is 1.08. The smallest absolute Gasteiger partial charge is 0.271 e. The molecule has 0 saturated heterocycles. The topological polar surface area (TPSA) is 71.5 Å². The highest BCUT2D eigenvalue weighted by Crippen LogP contribution is 2.31. The van der Waals surface area contributed by atoms with Gasteiger partial charge in [0.25, 0.3) is 8.53 Å². The second-order valence-corrected chi connectivity index (χ2v) is 4.65. The van der Waals surface area contributed by atoms with Crippen LogP contribution in [0.2, 0.25) is 0 Å². The van der Waals surface area contributed by atoms with Gasteiger partial charge in [0.2, 0.25) is 0 Å². The van der Waals surface area contributed by atoms with Gasteiger partial charge in [-0.05, 0) is 27.7 Å². The molecule has 0 aliphatic carbocycles. The lowest BCUT2D eigenvalue weighted by Crippen LogP contribution is -2.36. The third kappa shape index (κ3) is 6.77. The Labute approximate surface area is 93.1 Å². The van der Waals surface area contributed by atoms with Crippen LogP contribution in [0.1, 0.15) is 34.1 Å². The molecular weight excluding hydrogens is 213 g/mol. The summed E-state index contributed by atoms with van der Waals surface area (Å²) >= 11 is 0. The Balaban J connectivity index is 3.90. The summed E-state index contributed by atoms with van der Waals surface area (Å²) in [6.45, 7) is 8.43. The van der Waals surface area contributed by atoms with Crippen molar-refractivity contribution >= 4 is 8.53 Å². The van der Waals surface area contributed by atoms with Crippen LogP contribution in [0.5, 0.6) is 0 Å². The molecule has 0 fully saturated rings. The molecule has 1 unspecified atom stereocenters. The molecule has 0 aromatic carbocycles. The van der Waals surface area contributed by atoms with E-state index in [1.165, 1.54) is 0 Å². The molecule has 0 amide bonds. The zero-order valence-electron chi connectivity index (χ0n) is 9.80. The highest BCUT2D eigenvalue weighted by molar-refractivity contribution is 7.44. The predicted molar refractivity (Wildman–Crippen MR) is 60.5 cm³/mol. The minimum Gasteiger partial charge on any atom is -0.320 e. The average Bonchev–Trinajstić information content (AvgIpc) is 2.13. The first-order valence-corrected chi connectivity index (χ1v) is 6.24. The van der Waals surface area contributed by atoms with Gasteiger partial charge in [0.1, 0.15) is 0 Å². The van der Waals surface area contributed by atoms with Gasteiger partial charge in [-0.15, -0.1) is 0 Å². The van der Waals surface area contributed by atoms with Gasteiger partial charge in [0.15, 0.2) is 0 Å². The number of hydrogen-bond donors (Lipinski definition) is 1. The zero-order valence-corrected chi connectivity index (χ0v) is 10.7. The zero-order chi connectivity index (χ0) is 11.8. The maximum atomic E-state index is 8.32. The van der Waals surface area contributed by atoms with Crippen LogP contribution in [0, 0.1) is 11.3 Å². The first-order valence-electron chi connectivity index (χ1n) is 5.00. The molecule has 0 rings (SSSR count). The summed E-state index contributed by atoms with van der Waals surface area (Å²) < 4.78 is 10.6. The molecule has 0 radical (unpaired) electrons. The van der Waals surface area contributed by atoms with Gasteiger partial charge in [-0.1, -0.05) is 0 Å². The van der Waals surface area contributed by atoms with E-state index in [1.807, 2.05) is 33.8 Å². The van der Waals surface area contributed by atoms with Gasteiger partial charge in [0.05, 0.1) is 19.1 Å². The minimum atomic E-state index is -1.42. The van der Waals surface area contributed by atoms with Crippen molar-refractivity contribution < 1.29 is 9.15 Å². The highest BCUT2D eigenvalue weighted by atomic mass is 31.2. The summed E-state index contributed by atoms with van der Waals surface area (Å²) in [5, 5.41) is 10.1. The predicted octanol–water partition coefficient (Wildman–Crippen LogP) is 2.15. The van der Waals surface area contributed by atoms with Gasteiger partial charge < -0.3 is 4.52 Å². The largest absolute Gasteiger partial charge is 0.320 e. The van der Waals surface area contributed by atoms with Crippen molar-refractivity contribution in [3.63, 3.8) is 0 Å².